The Morgan fingerprint density at radius 1 is 0.844 bits per heavy atom. The molecule has 32 heavy (non-hydrogen) atoms. The molecule has 0 atom stereocenters. The summed E-state index contributed by atoms with van der Waals surface area (Å²) in [6.45, 7) is 3.06. The second-order valence-corrected chi connectivity index (χ2v) is 10.4. The van der Waals surface area contributed by atoms with Crippen LogP contribution in [0.5, 0.6) is 0 Å². The van der Waals surface area contributed by atoms with Crippen LogP contribution >= 0.6 is 11.6 Å². The van der Waals surface area contributed by atoms with Gasteiger partial charge in [-0.2, -0.15) is 23.4 Å². The lowest BCUT2D eigenvalue weighted by atomic mass is 10.0. The zero-order valence-electron chi connectivity index (χ0n) is 19.9. The second kappa shape index (κ2) is 17.3. The molecule has 0 saturated heterocycles. The van der Waals surface area contributed by atoms with Gasteiger partial charge in [0.2, 0.25) is 17.2 Å². The van der Waals surface area contributed by atoms with Crippen LogP contribution in [0, 0.1) is 0 Å². The third-order valence-electron chi connectivity index (χ3n) is 5.44. The Morgan fingerprint density at radius 2 is 1.34 bits per heavy atom. The summed E-state index contributed by atoms with van der Waals surface area (Å²) in [4.78, 5) is 13.9. The summed E-state index contributed by atoms with van der Waals surface area (Å²) >= 11 is 5.96. The minimum atomic E-state index is -4.05. The van der Waals surface area contributed by atoms with E-state index in [2.05, 4.69) is 27.2 Å². The molecule has 2 N–H and O–H groups in total. The third-order valence-corrected chi connectivity index (χ3v) is 6.30. The molecule has 8 nitrogen and oxygen atoms in total. The van der Waals surface area contributed by atoms with E-state index in [0.717, 1.165) is 19.4 Å². The fourth-order valence-corrected chi connectivity index (χ4v) is 4.12. The fraction of sp³-hybridized carbons (Fsp3) is 0.864. The van der Waals surface area contributed by atoms with Gasteiger partial charge in [0.25, 0.3) is 10.1 Å². The number of hydrogen-bond acceptors (Lipinski definition) is 7. The van der Waals surface area contributed by atoms with Gasteiger partial charge in [-0.1, -0.05) is 90.4 Å². The zero-order chi connectivity index (χ0) is 23.7. The lowest BCUT2D eigenvalue weighted by molar-refractivity contribution is 0.483. The third kappa shape index (κ3) is 15.6. The van der Waals surface area contributed by atoms with Crippen LogP contribution < -0.4 is 10.2 Å². The maximum atomic E-state index is 10.9. The normalized spacial score (nSPS) is 11.6. The maximum absolute atomic E-state index is 10.9. The molecule has 0 aromatic carbocycles. The zero-order valence-corrected chi connectivity index (χ0v) is 21.4. The predicted octanol–water partition coefficient (Wildman–Crippen LogP) is 5.74. The minimum absolute atomic E-state index is 0.0390. The van der Waals surface area contributed by atoms with Crippen LogP contribution in [0.25, 0.3) is 0 Å². The highest BCUT2D eigenvalue weighted by atomic mass is 35.5. The number of aromatic nitrogens is 3. The molecule has 1 aromatic rings. The Bertz CT molecular complexity index is 722. The van der Waals surface area contributed by atoms with Crippen LogP contribution in [0.2, 0.25) is 5.28 Å². The first-order valence-corrected chi connectivity index (χ1v) is 14.1. The first-order valence-electron chi connectivity index (χ1n) is 12.1. The second-order valence-electron chi connectivity index (χ2n) is 8.46. The molecule has 0 spiro atoms. The van der Waals surface area contributed by atoms with Crippen LogP contribution in [-0.4, -0.2) is 53.8 Å². The van der Waals surface area contributed by atoms with E-state index in [0.29, 0.717) is 5.95 Å². The molecule has 0 saturated carbocycles. The summed E-state index contributed by atoms with van der Waals surface area (Å²) in [5.41, 5.74) is 0. The molecular weight excluding hydrogens is 450 g/mol. The fourth-order valence-electron chi connectivity index (χ4n) is 3.46. The van der Waals surface area contributed by atoms with E-state index < -0.39 is 15.9 Å². The van der Waals surface area contributed by atoms with E-state index in [1.165, 1.54) is 81.9 Å². The monoisotopic (exact) mass is 491 g/mol. The molecule has 1 heterocycles. The van der Waals surface area contributed by atoms with Gasteiger partial charge in [0.15, 0.2) is 0 Å². The minimum Gasteiger partial charge on any atom is -0.354 e. The molecule has 0 aliphatic rings. The van der Waals surface area contributed by atoms with Gasteiger partial charge in [-0.05, 0) is 18.0 Å². The highest BCUT2D eigenvalue weighted by Gasteiger charge is 2.12. The van der Waals surface area contributed by atoms with Gasteiger partial charge < -0.3 is 10.2 Å². The van der Waals surface area contributed by atoms with E-state index >= 15 is 0 Å². The molecule has 0 unspecified atom stereocenters. The summed E-state index contributed by atoms with van der Waals surface area (Å²) in [5.74, 6) is 0.222. The van der Waals surface area contributed by atoms with E-state index in [1.807, 2.05) is 0 Å². The van der Waals surface area contributed by atoms with Gasteiger partial charge in [0, 0.05) is 20.1 Å². The molecule has 186 valence electrons. The Labute approximate surface area is 199 Å². The summed E-state index contributed by atoms with van der Waals surface area (Å²) < 4.78 is 30.7. The lowest BCUT2D eigenvalue weighted by Crippen LogP contribution is -2.27. The molecule has 0 aliphatic heterocycles. The van der Waals surface area contributed by atoms with Crippen LogP contribution in [0.4, 0.5) is 11.9 Å². The van der Waals surface area contributed by atoms with Gasteiger partial charge in [0.1, 0.15) is 0 Å². The number of nitrogens with one attached hydrogen (secondary N) is 1. The maximum Gasteiger partial charge on any atom is 0.266 e. The molecule has 0 amide bonds. The van der Waals surface area contributed by atoms with Crippen molar-refractivity contribution in [3.05, 3.63) is 5.28 Å². The molecule has 0 fully saturated rings. The van der Waals surface area contributed by atoms with Gasteiger partial charge >= 0.3 is 0 Å². The van der Waals surface area contributed by atoms with Crippen molar-refractivity contribution in [2.24, 2.45) is 0 Å². The molecule has 0 radical (unpaired) electrons. The van der Waals surface area contributed by atoms with E-state index in [1.54, 1.807) is 7.05 Å². The van der Waals surface area contributed by atoms with Crippen molar-refractivity contribution < 1.29 is 13.0 Å². The Kier molecular flexibility index (Phi) is 15.6. The van der Waals surface area contributed by atoms with Crippen molar-refractivity contribution in [2.75, 3.05) is 36.1 Å². The van der Waals surface area contributed by atoms with Crippen molar-refractivity contribution in [1.82, 2.24) is 15.0 Å². The van der Waals surface area contributed by atoms with E-state index in [-0.39, 0.29) is 17.8 Å². The first kappa shape index (κ1) is 28.8. The van der Waals surface area contributed by atoms with Crippen LogP contribution in [0.1, 0.15) is 96.8 Å². The van der Waals surface area contributed by atoms with Crippen molar-refractivity contribution in [3.8, 4) is 0 Å². The van der Waals surface area contributed by atoms with Gasteiger partial charge in [-0.3, -0.25) is 4.55 Å². The molecular formula is C22H42ClN5O3S. The van der Waals surface area contributed by atoms with Gasteiger partial charge in [0.05, 0.1) is 5.75 Å². The van der Waals surface area contributed by atoms with Gasteiger partial charge in [-0.25, -0.2) is 0 Å². The average Bonchev–Trinajstić information content (AvgIpc) is 2.74. The van der Waals surface area contributed by atoms with E-state index in [9.17, 15) is 8.42 Å². The standard InChI is InChI=1S/C22H42ClN5O3S/c1-3-4-5-6-7-8-9-10-11-12-13-14-15-16-17-24-21-25-20(23)26-22(27-21)28(2)18-19-32(29,30)31/h3-19H2,1-2H3,(H,29,30,31)(H,24,25,26,27). The lowest BCUT2D eigenvalue weighted by Gasteiger charge is -2.16. The van der Waals surface area contributed by atoms with Crippen LogP contribution in [-0.2, 0) is 10.1 Å². The number of halogens is 1. The summed E-state index contributed by atoms with van der Waals surface area (Å²) in [5, 5.41) is 3.19. The van der Waals surface area contributed by atoms with E-state index in [4.69, 9.17) is 16.2 Å². The SMILES string of the molecule is CCCCCCCCCCCCCCCCNc1nc(Cl)nc(N(C)CCS(=O)(=O)O)n1. The summed E-state index contributed by atoms with van der Waals surface area (Å²) in [6.07, 6.45) is 18.5. The quantitative estimate of drug-likeness (QED) is 0.175. The van der Waals surface area contributed by atoms with Crippen molar-refractivity contribution >= 4 is 33.6 Å². The average molecular weight is 492 g/mol. The summed E-state index contributed by atoms with van der Waals surface area (Å²) in [7, 11) is -2.41. The first-order chi connectivity index (χ1) is 15.3. The number of hydrogen-bond donors (Lipinski definition) is 2. The highest BCUT2D eigenvalue weighted by molar-refractivity contribution is 7.85. The predicted molar refractivity (Wildman–Crippen MR) is 133 cm³/mol. The number of anilines is 2. The molecule has 0 aliphatic carbocycles. The topological polar surface area (TPSA) is 108 Å². The smallest absolute Gasteiger partial charge is 0.266 e. The van der Waals surface area contributed by atoms with Crippen molar-refractivity contribution in [3.63, 3.8) is 0 Å². The summed E-state index contributed by atoms with van der Waals surface area (Å²) in [6, 6.07) is 0. The largest absolute Gasteiger partial charge is 0.354 e. The number of nitrogens with zero attached hydrogens (tertiary/aromatic N) is 4. The van der Waals surface area contributed by atoms with Crippen molar-refractivity contribution in [2.45, 2.75) is 96.8 Å². The molecule has 0 bridgehead atoms. The van der Waals surface area contributed by atoms with Crippen molar-refractivity contribution in [1.29, 1.82) is 0 Å². The van der Waals surface area contributed by atoms with Crippen LogP contribution in [0.15, 0.2) is 0 Å². The molecule has 10 heteroatoms. The Morgan fingerprint density at radius 3 is 1.84 bits per heavy atom. The van der Waals surface area contributed by atoms with Crippen LogP contribution in [0.3, 0.4) is 0 Å². The molecule has 1 rings (SSSR count). The Balaban J connectivity index is 2.09. The highest BCUT2D eigenvalue weighted by Crippen LogP contribution is 2.14. The molecule has 1 aromatic heterocycles. The number of unbranched alkanes of at least 4 members (excludes halogenated alkanes) is 13. The van der Waals surface area contributed by atoms with Gasteiger partial charge in [-0.15, -0.1) is 0 Å². The number of rotatable bonds is 20. The Hall–Kier alpha value is -1.19.